The molecule has 3 rings (SSSR count). The highest BCUT2D eigenvalue weighted by atomic mass is 16.6. The molecule has 12 nitrogen and oxygen atoms in total. The quantitative estimate of drug-likeness (QED) is 0.314. The zero-order chi connectivity index (χ0) is 32.3. The summed E-state index contributed by atoms with van der Waals surface area (Å²) < 4.78 is 11.0. The van der Waals surface area contributed by atoms with E-state index in [9.17, 15) is 29.1 Å². The van der Waals surface area contributed by atoms with Crippen LogP contribution in [0.15, 0.2) is 36.9 Å². The second-order valence-electron chi connectivity index (χ2n) is 13.3. The number of likely N-dealkylation sites (tertiary alicyclic amines) is 1. The summed E-state index contributed by atoms with van der Waals surface area (Å²) in [5.41, 5.74) is -1.23. The topological polar surface area (TPSA) is 163 Å². The van der Waals surface area contributed by atoms with Crippen molar-refractivity contribution in [2.24, 2.45) is 11.3 Å². The van der Waals surface area contributed by atoms with E-state index in [-0.39, 0.29) is 25.9 Å². The van der Waals surface area contributed by atoms with Crippen molar-refractivity contribution in [2.45, 2.75) is 97.2 Å². The number of carboxylic acids is 1. The molecular weight excluding hydrogens is 556 g/mol. The number of rotatable bonds is 9. The number of aliphatic carboxylic acids is 1. The summed E-state index contributed by atoms with van der Waals surface area (Å²) in [4.78, 5) is 66.3. The standard InChI is InChI=1S/C31H44N4O8/c1-9-20-15-31(20,26(38)39)34-24(36)22-14-21(42-27(40)32-16-19-13-11-10-12-18(19)2)17-35(22)25(37)23(29(3,4)5)33-28(41)43-30(6,7)8/h9-13,20-23H,1,14-17H2,2-8H3,(H,32,40)(H,33,41)(H,34,36)(H,38,39). The molecule has 0 bridgehead atoms. The molecule has 1 aromatic carbocycles. The molecule has 1 aliphatic carbocycles. The van der Waals surface area contributed by atoms with Gasteiger partial charge in [0.15, 0.2) is 0 Å². The van der Waals surface area contributed by atoms with Gasteiger partial charge in [0, 0.05) is 18.9 Å². The van der Waals surface area contributed by atoms with Crippen LogP contribution in [0.2, 0.25) is 0 Å². The number of amides is 4. The van der Waals surface area contributed by atoms with Gasteiger partial charge in [-0.25, -0.2) is 14.4 Å². The molecule has 0 radical (unpaired) electrons. The Labute approximate surface area is 252 Å². The maximum Gasteiger partial charge on any atom is 0.408 e. The Hall–Kier alpha value is -4.09. The largest absolute Gasteiger partial charge is 0.479 e. The van der Waals surface area contributed by atoms with Gasteiger partial charge in [0.05, 0.1) is 6.54 Å². The smallest absolute Gasteiger partial charge is 0.408 e. The highest BCUT2D eigenvalue weighted by Crippen LogP contribution is 2.45. The number of aryl methyl sites for hydroxylation is 1. The summed E-state index contributed by atoms with van der Waals surface area (Å²) >= 11 is 0. The third-order valence-corrected chi connectivity index (χ3v) is 7.61. The molecule has 0 aromatic heterocycles. The second kappa shape index (κ2) is 12.6. The van der Waals surface area contributed by atoms with E-state index >= 15 is 0 Å². The average molecular weight is 601 g/mol. The third kappa shape index (κ3) is 8.26. The zero-order valence-corrected chi connectivity index (χ0v) is 26.0. The highest BCUT2D eigenvalue weighted by Gasteiger charge is 2.61. The molecular formula is C31H44N4O8. The van der Waals surface area contributed by atoms with E-state index in [4.69, 9.17) is 9.47 Å². The number of carbonyl (C=O) groups excluding carboxylic acids is 4. The molecule has 4 amide bonds. The van der Waals surface area contributed by atoms with Crippen LogP contribution in [0.25, 0.3) is 0 Å². The number of nitrogens with zero attached hydrogens (tertiary/aromatic N) is 1. The minimum Gasteiger partial charge on any atom is -0.479 e. The first-order valence-electron chi connectivity index (χ1n) is 14.3. The van der Waals surface area contributed by atoms with Gasteiger partial charge in [-0.1, -0.05) is 51.1 Å². The molecule has 236 valence electrons. The van der Waals surface area contributed by atoms with Crippen molar-refractivity contribution >= 4 is 30.0 Å². The fourth-order valence-corrected chi connectivity index (χ4v) is 5.10. The fraction of sp³-hybridized carbons (Fsp3) is 0.581. The molecule has 2 aliphatic rings. The Bertz CT molecular complexity index is 1270. The molecule has 12 heteroatoms. The number of carbonyl (C=O) groups is 5. The molecule has 1 aromatic rings. The predicted octanol–water partition coefficient (Wildman–Crippen LogP) is 3.28. The van der Waals surface area contributed by atoms with Gasteiger partial charge in [-0.2, -0.15) is 0 Å². The molecule has 43 heavy (non-hydrogen) atoms. The lowest BCUT2D eigenvalue weighted by atomic mass is 9.85. The van der Waals surface area contributed by atoms with Gasteiger partial charge in [-0.15, -0.1) is 6.58 Å². The summed E-state index contributed by atoms with van der Waals surface area (Å²) in [5.74, 6) is -2.96. The molecule has 5 unspecified atom stereocenters. The summed E-state index contributed by atoms with van der Waals surface area (Å²) in [6.07, 6.45) is -0.819. The van der Waals surface area contributed by atoms with Gasteiger partial charge in [0.25, 0.3) is 0 Å². The van der Waals surface area contributed by atoms with Crippen molar-refractivity contribution in [2.75, 3.05) is 6.54 Å². The van der Waals surface area contributed by atoms with E-state index in [0.29, 0.717) is 0 Å². The number of nitrogens with one attached hydrogen (secondary N) is 3. The minimum absolute atomic E-state index is 0.0624. The average Bonchev–Trinajstić information content (AvgIpc) is 3.45. The van der Waals surface area contributed by atoms with E-state index in [1.54, 1.807) is 41.5 Å². The summed E-state index contributed by atoms with van der Waals surface area (Å²) in [5, 5.41) is 17.8. The summed E-state index contributed by atoms with van der Waals surface area (Å²) in [6.45, 7) is 16.0. The van der Waals surface area contributed by atoms with Gasteiger partial charge in [0.1, 0.15) is 29.3 Å². The predicted molar refractivity (Wildman–Crippen MR) is 158 cm³/mol. The molecule has 2 fully saturated rings. The monoisotopic (exact) mass is 600 g/mol. The molecule has 1 heterocycles. The van der Waals surface area contributed by atoms with Crippen LogP contribution in [0.1, 0.15) is 65.5 Å². The first-order chi connectivity index (χ1) is 19.9. The van der Waals surface area contributed by atoms with E-state index in [2.05, 4.69) is 22.5 Å². The zero-order valence-electron chi connectivity index (χ0n) is 26.0. The van der Waals surface area contributed by atoms with Crippen molar-refractivity contribution < 1.29 is 38.6 Å². The van der Waals surface area contributed by atoms with E-state index in [0.717, 1.165) is 11.1 Å². The number of hydrogen-bond acceptors (Lipinski definition) is 7. The molecule has 1 saturated carbocycles. The third-order valence-electron chi connectivity index (χ3n) is 7.61. The lowest BCUT2D eigenvalue weighted by Gasteiger charge is -2.35. The van der Waals surface area contributed by atoms with Crippen molar-refractivity contribution in [3.8, 4) is 0 Å². The lowest BCUT2D eigenvalue weighted by molar-refractivity contribution is -0.146. The number of ether oxygens (including phenoxy) is 2. The fourth-order valence-electron chi connectivity index (χ4n) is 5.10. The van der Waals surface area contributed by atoms with Gasteiger partial charge in [-0.3, -0.25) is 9.59 Å². The SMILES string of the molecule is C=CC1CC1(NC(=O)C1CC(OC(=O)NCc2ccccc2C)CN1C(=O)C(NC(=O)OC(C)(C)C)C(C)(C)C)C(=O)O. The van der Waals surface area contributed by atoms with E-state index < -0.39 is 70.6 Å². The maximum absolute atomic E-state index is 14.0. The van der Waals surface area contributed by atoms with Gasteiger partial charge in [-0.05, 0) is 50.7 Å². The Morgan fingerprint density at radius 1 is 1.12 bits per heavy atom. The van der Waals surface area contributed by atoms with Gasteiger partial charge >= 0.3 is 18.2 Å². The summed E-state index contributed by atoms with van der Waals surface area (Å²) in [7, 11) is 0. The van der Waals surface area contributed by atoms with Crippen LogP contribution >= 0.6 is 0 Å². The number of hydrogen-bond donors (Lipinski definition) is 4. The van der Waals surface area contributed by atoms with Crippen molar-refractivity contribution in [1.82, 2.24) is 20.9 Å². The van der Waals surface area contributed by atoms with Crippen molar-refractivity contribution in [1.29, 1.82) is 0 Å². The van der Waals surface area contributed by atoms with Crippen LogP contribution in [-0.4, -0.2) is 75.8 Å². The van der Waals surface area contributed by atoms with Gasteiger partial charge in [0.2, 0.25) is 11.8 Å². The molecule has 1 saturated heterocycles. The van der Waals surface area contributed by atoms with Crippen LogP contribution in [0.3, 0.4) is 0 Å². The van der Waals surface area contributed by atoms with Crippen LogP contribution < -0.4 is 16.0 Å². The minimum atomic E-state index is -1.52. The Kier molecular flexibility index (Phi) is 9.83. The Morgan fingerprint density at radius 3 is 2.30 bits per heavy atom. The lowest BCUT2D eigenvalue weighted by Crippen LogP contribution is -2.59. The van der Waals surface area contributed by atoms with Crippen LogP contribution in [0, 0.1) is 18.3 Å². The number of benzene rings is 1. The molecule has 5 atom stereocenters. The first-order valence-corrected chi connectivity index (χ1v) is 14.3. The summed E-state index contributed by atoms with van der Waals surface area (Å²) in [6, 6.07) is 5.28. The Morgan fingerprint density at radius 2 is 1.77 bits per heavy atom. The molecule has 1 aliphatic heterocycles. The maximum atomic E-state index is 14.0. The Balaban J connectivity index is 1.82. The second-order valence-corrected chi connectivity index (χ2v) is 13.3. The van der Waals surface area contributed by atoms with E-state index in [1.165, 1.54) is 11.0 Å². The van der Waals surface area contributed by atoms with Crippen LogP contribution in [-0.2, 0) is 30.4 Å². The van der Waals surface area contributed by atoms with E-state index in [1.807, 2.05) is 31.2 Å². The molecule has 0 spiro atoms. The van der Waals surface area contributed by atoms with Gasteiger partial charge < -0.3 is 35.4 Å². The number of alkyl carbamates (subject to hydrolysis) is 2. The van der Waals surface area contributed by atoms with Crippen LogP contribution in [0.5, 0.6) is 0 Å². The first kappa shape index (κ1) is 33.4. The normalized spacial score (nSPS) is 23.9. The van der Waals surface area contributed by atoms with Crippen molar-refractivity contribution in [3.05, 3.63) is 48.0 Å². The number of carboxylic acid groups (broad SMARTS) is 1. The van der Waals surface area contributed by atoms with Crippen LogP contribution in [0.4, 0.5) is 9.59 Å². The van der Waals surface area contributed by atoms with Crippen molar-refractivity contribution in [3.63, 3.8) is 0 Å². The highest BCUT2D eigenvalue weighted by molar-refractivity contribution is 5.96. The molecule has 4 N–H and O–H groups in total.